The monoisotopic (exact) mass is 337 g/mol. The summed E-state index contributed by atoms with van der Waals surface area (Å²) in [5, 5.41) is 3.69. The van der Waals surface area contributed by atoms with Crippen molar-refractivity contribution in [1.29, 1.82) is 0 Å². The van der Waals surface area contributed by atoms with Gasteiger partial charge in [-0.05, 0) is 0 Å². The zero-order valence-corrected chi connectivity index (χ0v) is 14.5. The van der Waals surface area contributed by atoms with Gasteiger partial charge in [0.15, 0.2) is 5.13 Å². The molecule has 1 aromatic rings. The molecule has 126 valence electrons. The molecule has 0 aliphatic carbocycles. The molecule has 2 aliphatic heterocycles. The van der Waals surface area contributed by atoms with E-state index in [0.717, 1.165) is 36.9 Å². The molecular weight excluding hydrogens is 314 g/mol. The highest BCUT2D eigenvalue weighted by atomic mass is 32.1. The van der Waals surface area contributed by atoms with Crippen LogP contribution in [0.25, 0.3) is 0 Å². The van der Waals surface area contributed by atoms with E-state index in [0.29, 0.717) is 26.1 Å². The Kier molecular flexibility index (Phi) is 4.70. The van der Waals surface area contributed by atoms with Crippen molar-refractivity contribution in [1.82, 2.24) is 20.1 Å². The molecule has 2 aliphatic rings. The van der Waals surface area contributed by atoms with Crippen molar-refractivity contribution in [2.24, 2.45) is 0 Å². The first-order chi connectivity index (χ1) is 11.1. The molecule has 0 unspecified atom stereocenters. The number of nitrogens with zero attached hydrogens (tertiary/aromatic N) is 4. The van der Waals surface area contributed by atoms with E-state index >= 15 is 0 Å². The van der Waals surface area contributed by atoms with E-state index in [1.165, 1.54) is 4.88 Å². The molecular formula is C15H23N5O2S. The number of carbonyl (C=O) groups is 2. The molecule has 0 saturated carbocycles. The van der Waals surface area contributed by atoms with Crippen molar-refractivity contribution in [2.75, 3.05) is 44.7 Å². The molecule has 1 saturated heterocycles. The van der Waals surface area contributed by atoms with Crippen LogP contribution in [0.4, 0.5) is 9.93 Å². The first-order valence-electron chi connectivity index (χ1n) is 8.10. The van der Waals surface area contributed by atoms with Crippen LogP contribution in [0.15, 0.2) is 0 Å². The fourth-order valence-electron chi connectivity index (χ4n) is 3.01. The minimum absolute atomic E-state index is 0.0168. The third kappa shape index (κ3) is 3.26. The molecule has 3 heterocycles. The minimum Gasteiger partial charge on any atom is -0.345 e. The molecule has 0 aromatic carbocycles. The summed E-state index contributed by atoms with van der Waals surface area (Å²) >= 11 is 1.69. The third-order valence-corrected chi connectivity index (χ3v) is 5.57. The predicted molar refractivity (Wildman–Crippen MR) is 89.8 cm³/mol. The Labute approximate surface area is 140 Å². The maximum absolute atomic E-state index is 11.9. The van der Waals surface area contributed by atoms with Crippen LogP contribution in [-0.4, -0.2) is 66.5 Å². The summed E-state index contributed by atoms with van der Waals surface area (Å²) in [5.74, 6) is 0.213. The van der Waals surface area contributed by atoms with Gasteiger partial charge in [-0.3, -0.25) is 4.79 Å². The summed E-state index contributed by atoms with van der Waals surface area (Å²) in [6, 6.07) is -0.0168. The molecule has 1 N–H and O–H groups in total. The van der Waals surface area contributed by atoms with Crippen LogP contribution >= 0.6 is 11.3 Å². The van der Waals surface area contributed by atoms with Gasteiger partial charge in [-0.15, -0.1) is 0 Å². The molecule has 7 nitrogen and oxygen atoms in total. The van der Waals surface area contributed by atoms with Gasteiger partial charge in [0.2, 0.25) is 5.91 Å². The number of urea groups is 1. The molecule has 1 aromatic heterocycles. The van der Waals surface area contributed by atoms with Gasteiger partial charge in [0.05, 0.1) is 12.2 Å². The van der Waals surface area contributed by atoms with Crippen molar-refractivity contribution >= 4 is 28.4 Å². The zero-order chi connectivity index (χ0) is 16.4. The van der Waals surface area contributed by atoms with E-state index in [9.17, 15) is 9.59 Å². The van der Waals surface area contributed by atoms with E-state index in [1.807, 2.05) is 16.7 Å². The van der Waals surface area contributed by atoms with Gasteiger partial charge in [-0.25, -0.2) is 9.78 Å². The van der Waals surface area contributed by atoms with Crippen molar-refractivity contribution in [3.63, 3.8) is 0 Å². The largest absolute Gasteiger partial charge is 0.345 e. The van der Waals surface area contributed by atoms with Crippen LogP contribution in [-0.2, 0) is 17.8 Å². The average Bonchev–Trinajstić information content (AvgIpc) is 3.03. The summed E-state index contributed by atoms with van der Waals surface area (Å²) in [6.45, 7) is 6.40. The first-order valence-corrected chi connectivity index (χ1v) is 8.92. The third-order valence-electron chi connectivity index (χ3n) is 4.43. The summed E-state index contributed by atoms with van der Waals surface area (Å²) < 4.78 is 0. The lowest BCUT2D eigenvalue weighted by Crippen LogP contribution is -2.51. The molecule has 3 amide bonds. The fourth-order valence-corrected chi connectivity index (χ4v) is 4.19. The van der Waals surface area contributed by atoms with Gasteiger partial charge >= 0.3 is 6.03 Å². The van der Waals surface area contributed by atoms with Gasteiger partial charge < -0.3 is 20.0 Å². The van der Waals surface area contributed by atoms with Gasteiger partial charge in [-0.2, -0.15) is 0 Å². The second-order valence-electron chi connectivity index (χ2n) is 5.81. The fraction of sp³-hybridized carbons (Fsp3) is 0.667. The smallest absolute Gasteiger partial charge is 0.317 e. The standard InChI is InChI=1S/C15H23N5O2S/c1-3-13(21)20-5-4-11-12(10-20)23-15(17-11)19-8-6-18(7-9-19)14(22)16-2/h3-10H2,1-2H3,(H,16,22). The van der Waals surface area contributed by atoms with Gasteiger partial charge in [0.1, 0.15) is 0 Å². The molecule has 0 bridgehead atoms. The number of carbonyl (C=O) groups excluding carboxylic acids is 2. The SMILES string of the molecule is CCC(=O)N1CCc2nc(N3CCN(C(=O)NC)CC3)sc2C1. The van der Waals surface area contributed by atoms with Crippen LogP contribution in [0, 0.1) is 0 Å². The van der Waals surface area contributed by atoms with E-state index in [4.69, 9.17) is 4.98 Å². The van der Waals surface area contributed by atoms with Crippen LogP contribution in [0.2, 0.25) is 0 Å². The van der Waals surface area contributed by atoms with Crippen LogP contribution in [0.5, 0.6) is 0 Å². The number of hydrogen-bond acceptors (Lipinski definition) is 5. The van der Waals surface area contributed by atoms with Gasteiger partial charge in [0.25, 0.3) is 0 Å². The van der Waals surface area contributed by atoms with Gasteiger partial charge in [0, 0.05) is 57.5 Å². The highest BCUT2D eigenvalue weighted by Gasteiger charge is 2.27. The van der Waals surface area contributed by atoms with E-state index in [2.05, 4.69) is 10.2 Å². The molecule has 0 spiro atoms. The Hall–Kier alpha value is -1.83. The zero-order valence-electron chi connectivity index (χ0n) is 13.7. The van der Waals surface area contributed by atoms with E-state index < -0.39 is 0 Å². The molecule has 8 heteroatoms. The number of amides is 3. The predicted octanol–water partition coefficient (Wildman–Crippen LogP) is 0.899. The Morgan fingerprint density at radius 1 is 1.17 bits per heavy atom. The maximum Gasteiger partial charge on any atom is 0.317 e. The van der Waals surface area contributed by atoms with Gasteiger partial charge in [-0.1, -0.05) is 18.3 Å². The first kappa shape index (κ1) is 16.0. The molecule has 23 heavy (non-hydrogen) atoms. The summed E-state index contributed by atoms with van der Waals surface area (Å²) in [6.07, 6.45) is 1.40. The summed E-state index contributed by atoms with van der Waals surface area (Å²) in [5.41, 5.74) is 1.14. The van der Waals surface area contributed by atoms with E-state index in [1.54, 1.807) is 18.4 Å². The number of rotatable bonds is 2. The number of hydrogen-bond donors (Lipinski definition) is 1. The average molecular weight is 337 g/mol. The van der Waals surface area contributed by atoms with Crippen LogP contribution in [0.1, 0.15) is 23.9 Å². The lowest BCUT2D eigenvalue weighted by molar-refractivity contribution is -0.131. The lowest BCUT2D eigenvalue weighted by atomic mass is 10.1. The Morgan fingerprint density at radius 2 is 1.91 bits per heavy atom. The molecule has 0 radical (unpaired) electrons. The second-order valence-corrected chi connectivity index (χ2v) is 6.88. The summed E-state index contributed by atoms with van der Waals surface area (Å²) in [7, 11) is 1.66. The minimum atomic E-state index is -0.0168. The highest BCUT2D eigenvalue weighted by Crippen LogP contribution is 2.31. The topological polar surface area (TPSA) is 68.8 Å². The maximum atomic E-state index is 11.9. The number of nitrogens with one attached hydrogen (secondary N) is 1. The number of thiazole rings is 1. The van der Waals surface area contributed by atoms with Crippen molar-refractivity contribution < 1.29 is 9.59 Å². The van der Waals surface area contributed by atoms with Crippen LogP contribution < -0.4 is 10.2 Å². The Balaban J connectivity index is 1.64. The number of anilines is 1. The van der Waals surface area contributed by atoms with E-state index in [-0.39, 0.29) is 11.9 Å². The number of fused-ring (bicyclic) bond motifs is 1. The van der Waals surface area contributed by atoms with Crippen molar-refractivity contribution in [3.8, 4) is 0 Å². The number of piperazine rings is 1. The molecule has 3 rings (SSSR count). The van der Waals surface area contributed by atoms with Crippen molar-refractivity contribution in [2.45, 2.75) is 26.3 Å². The second kappa shape index (κ2) is 6.74. The molecule has 0 atom stereocenters. The Bertz CT molecular complexity index is 595. The quantitative estimate of drug-likeness (QED) is 0.871. The number of aromatic nitrogens is 1. The lowest BCUT2D eigenvalue weighted by Gasteiger charge is -2.34. The summed E-state index contributed by atoms with van der Waals surface area (Å²) in [4.78, 5) is 35.5. The molecule has 1 fully saturated rings. The normalized spacial score (nSPS) is 17.9. The Morgan fingerprint density at radius 3 is 2.57 bits per heavy atom. The van der Waals surface area contributed by atoms with Crippen LogP contribution in [0.3, 0.4) is 0 Å². The highest BCUT2D eigenvalue weighted by molar-refractivity contribution is 7.15. The van der Waals surface area contributed by atoms with Crippen molar-refractivity contribution in [3.05, 3.63) is 10.6 Å².